The highest BCUT2D eigenvalue weighted by Gasteiger charge is 2.36. The molecule has 1 saturated heterocycles. The molecule has 1 fully saturated rings. The van der Waals surface area contributed by atoms with Gasteiger partial charge in [0, 0.05) is 19.7 Å². The van der Waals surface area contributed by atoms with E-state index in [1.807, 2.05) is 0 Å². The van der Waals surface area contributed by atoms with Crippen LogP contribution in [0.25, 0.3) is 0 Å². The summed E-state index contributed by atoms with van der Waals surface area (Å²) >= 11 is 0. The number of halogens is 2. The molecule has 2 rings (SSSR count). The quantitative estimate of drug-likeness (QED) is 0.862. The number of alkyl halides is 2. The molecular weight excluding hydrogens is 270 g/mol. The molecule has 8 heteroatoms. The fourth-order valence-corrected chi connectivity index (χ4v) is 2.06. The lowest BCUT2D eigenvalue weighted by atomic mass is 10.00. The number of nitrogens with one attached hydrogen (secondary N) is 1. The van der Waals surface area contributed by atoms with Gasteiger partial charge in [-0.2, -0.15) is 5.10 Å². The molecule has 0 aliphatic carbocycles. The Bertz CT molecular complexity index is 468. The average molecular weight is 288 g/mol. The van der Waals surface area contributed by atoms with Crippen molar-refractivity contribution in [2.75, 3.05) is 11.9 Å². The SMILES string of the molecule is Cn1cc(NC(=O)C(N)CC2CCC(F)(F)CO2)cn1. The normalized spacial score (nSPS) is 23.3. The van der Waals surface area contributed by atoms with Gasteiger partial charge in [-0.15, -0.1) is 0 Å². The molecule has 1 aromatic rings. The second-order valence-electron chi connectivity index (χ2n) is 5.06. The topological polar surface area (TPSA) is 82.2 Å². The molecule has 1 aromatic heterocycles. The zero-order valence-electron chi connectivity index (χ0n) is 11.2. The van der Waals surface area contributed by atoms with Crippen LogP contribution in [0.15, 0.2) is 12.4 Å². The maximum atomic E-state index is 12.9. The molecule has 112 valence electrons. The molecular formula is C12H18F2N4O2. The van der Waals surface area contributed by atoms with Crippen molar-refractivity contribution in [3.05, 3.63) is 12.4 Å². The van der Waals surface area contributed by atoms with E-state index in [-0.39, 0.29) is 25.2 Å². The minimum absolute atomic E-state index is 0.209. The van der Waals surface area contributed by atoms with Gasteiger partial charge in [0.05, 0.1) is 24.0 Å². The Hall–Kier alpha value is -1.54. The maximum Gasteiger partial charge on any atom is 0.271 e. The number of aromatic nitrogens is 2. The number of aryl methyl sites for hydroxylation is 1. The molecule has 1 amide bonds. The Kier molecular flexibility index (Phi) is 4.34. The van der Waals surface area contributed by atoms with Gasteiger partial charge in [0.1, 0.15) is 6.61 Å². The summed E-state index contributed by atoms with van der Waals surface area (Å²) in [5.74, 6) is -3.14. The number of rotatable bonds is 4. The lowest BCUT2D eigenvalue weighted by Crippen LogP contribution is -2.42. The lowest BCUT2D eigenvalue weighted by Gasteiger charge is -2.29. The zero-order chi connectivity index (χ0) is 14.8. The summed E-state index contributed by atoms with van der Waals surface area (Å²) in [6.07, 6.45) is 2.95. The summed E-state index contributed by atoms with van der Waals surface area (Å²) in [6, 6.07) is -0.799. The number of carbonyl (C=O) groups excluding carboxylic acids is 1. The Morgan fingerprint density at radius 1 is 1.75 bits per heavy atom. The summed E-state index contributed by atoms with van der Waals surface area (Å²) in [6.45, 7) is -0.603. The first kappa shape index (κ1) is 14.9. The number of hydrogen-bond donors (Lipinski definition) is 2. The first-order valence-corrected chi connectivity index (χ1v) is 6.40. The molecule has 1 aliphatic heterocycles. The number of nitrogens with zero attached hydrogens (tertiary/aromatic N) is 2. The molecule has 20 heavy (non-hydrogen) atoms. The summed E-state index contributed by atoms with van der Waals surface area (Å²) in [7, 11) is 1.73. The van der Waals surface area contributed by atoms with Gasteiger partial charge in [-0.05, 0) is 12.8 Å². The molecule has 2 heterocycles. The summed E-state index contributed by atoms with van der Waals surface area (Å²) in [5, 5.41) is 6.53. The molecule has 0 radical (unpaired) electrons. The predicted molar refractivity (Wildman–Crippen MR) is 68.4 cm³/mol. The lowest BCUT2D eigenvalue weighted by molar-refractivity contribution is -0.147. The molecule has 0 saturated carbocycles. The van der Waals surface area contributed by atoms with Gasteiger partial charge in [-0.3, -0.25) is 9.48 Å². The van der Waals surface area contributed by atoms with Crippen molar-refractivity contribution in [1.82, 2.24) is 9.78 Å². The van der Waals surface area contributed by atoms with Crippen LogP contribution in [0.5, 0.6) is 0 Å². The Balaban J connectivity index is 1.79. The number of amides is 1. The van der Waals surface area contributed by atoms with Crippen molar-refractivity contribution in [3.63, 3.8) is 0 Å². The van der Waals surface area contributed by atoms with Crippen LogP contribution in [0.3, 0.4) is 0 Å². The fourth-order valence-electron chi connectivity index (χ4n) is 2.06. The number of anilines is 1. The first-order valence-electron chi connectivity index (χ1n) is 6.40. The second kappa shape index (κ2) is 5.84. The van der Waals surface area contributed by atoms with Crippen LogP contribution < -0.4 is 11.1 Å². The average Bonchev–Trinajstić information content (AvgIpc) is 2.77. The smallest absolute Gasteiger partial charge is 0.271 e. The van der Waals surface area contributed by atoms with Crippen molar-refractivity contribution in [3.8, 4) is 0 Å². The van der Waals surface area contributed by atoms with Crippen molar-refractivity contribution < 1.29 is 18.3 Å². The van der Waals surface area contributed by atoms with E-state index < -0.39 is 24.7 Å². The van der Waals surface area contributed by atoms with Crippen molar-refractivity contribution in [2.24, 2.45) is 12.8 Å². The zero-order valence-corrected chi connectivity index (χ0v) is 11.2. The van der Waals surface area contributed by atoms with Crippen molar-refractivity contribution >= 4 is 11.6 Å². The standard InChI is InChI=1S/C12H18F2N4O2/c1-18-6-8(5-16-18)17-11(19)10(15)4-9-2-3-12(13,14)7-20-9/h5-6,9-10H,2-4,7,15H2,1H3,(H,17,19). The molecule has 0 aromatic carbocycles. The van der Waals surface area contributed by atoms with Crippen LogP contribution in [0.1, 0.15) is 19.3 Å². The van der Waals surface area contributed by atoms with E-state index >= 15 is 0 Å². The number of carbonyl (C=O) groups is 1. The highest BCUT2D eigenvalue weighted by atomic mass is 19.3. The molecule has 6 nitrogen and oxygen atoms in total. The molecule has 2 atom stereocenters. The third-order valence-electron chi connectivity index (χ3n) is 3.19. The Labute approximate surface area is 115 Å². The van der Waals surface area contributed by atoms with Gasteiger partial charge >= 0.3 is 0 Å². The summed E-state index contributed by atoms with van der Waals surface area (Å²) < 4.78 is 32.4. The van der Waals surface area contributed by atoms with Crippen molar-refractivity contribution in [2.45, 2.75) is 37.3 Å². The molecule has 0 bridgehead atoms. The molecule has 2 unspecified atom stereocenters. The fraction of sp³-hybridized carbons (Fsp3) is 0.667. The predicted octanol–water partition coefficient (Wildman–Crippen LogP) is 0.890. The van der Waals surface area contributed by atoms with Crippen LogP contribution in [0.4, 0.5) is 14.5 Å². The van der Waals surface area contributed by atoms with Gasteiger partial charge in [-0.1, -0.05) is 0 Å². The summed E-state index contributed by atoms with van der Waals surface area (Å²) in [5.41, 5.74) is 6.31. The molecule has 1 aliphatic rings. The van der Waals surface area contributed by atoms with Gasteiger partial charge in [0.25, 0.3) is 5.92 Å². The summed E-state index contributed by atoms with van der Waals surface area (Å²) in [4.78, 5) is 11.8. The highest BCUT2D eigenvalue weighted by molar-refractivity contribution is 5.94. The van der Waals surface area contributed by atoms with Crippen LogP contribution in [-0.2, 0) is 16.6 Å². The molecule has 3 N–H and O–H groups in total. The third-order valence-corrected chi connectivity index (χ3v) is 3.19. The van der Waals surface area contributed by atoms with Gasteiger partial charge in [0.15, 0.2) is 0 Å². The Morgan fingerprint density at radius 3 is 3.05 bits per heavy atom. The number of hydrogen-bond acceptors (Lipinski definition) is 4. The number of ether oxygens (including phenoxy) is 1. The van der Waals surface area contributed by atoms with Gasteiger partial charge < -0.3 is 15.8 Å². The largest absolute Gasteiger partial charge is 0.372 e. The van der Waals surface area contributed by atoms with E-state index in [4.69, 9.17) is 10.5 Å². The third kappa shape index (κ3) is 3.97. The van der Waals surface area contributed by atoms with E-state index in [0.717, 1.165) is 0 Å². The van der Waals surface area contributed by atoms with Crippen LogP contribution in [-0.4, -0.2) is 40.4 Å². The maximum absolute atomic E-state index is 12.9. The van der Waals surface area contributed by atoms with E-state index in [1.54, 1.807) is 17.9 Å². The highest BCUT2D eigenvalue weighted by Crippen LogP contribution is 2.29. The second-order valence-corrected chi connectivity index (χ2v) is 5.06. The van der Waals surface area contributed by atoms with E-state index in [9.17, 15) is 13.6 Å². The van der Waals surface area contributed by atoms with Crippen LogP contribution >= 0.6 is 0 Å². The molecule has 0 spiro atoms. The van der Waals surface area contributed by atoms with Crippen LogP contribution in [0.2, 0.25) is 0 Å². The monoisotopic (exact) mass is 288 g/mol. The first-order chi connectivity index (χ1) is 9.35. The van der Waals surface area contributed by atoms with Crippen LogP contribution in [0, 0.1) is 0 Å². The number of nitrogens with two attached hydrogens (primary N) is 1. The van der Waals surface area contributed by atoms with Crippen molar-refractivity contribution in [1.29, 1.82) is 0 Å². The Morgan fingerprint density at radius 2 is 2.50 bits per heavy atom. The van der Waals surface area contributed by atoms with E-state index in [0.29, 0.717) is 5.69 Å². The van der Waals surface area contributed by atoms with E-state index in [1.165, 1.54) is 6.20 Å². The minimum Gasteiger partial charge on any atom is -0.372 e. The van der Waals surface area contributed by atoms with Gasteiger partial charge in [-0.25, -0.2) is 8.78 Å². The minimum atomic E-state index is -2.77. The van der Waals surface area contributed by atoms with E-state index in [2.05, 4.69) is 10.4 Å². The van der Waals surface area contributed by atoms with Gasteiger partial charge in [0.2, 0.25) is 5.91 Å².